The van der Waals surface area contributed by atoms with Crippen molar-refractivity contribution in [2.75, 3.05) is 5.73 Å². The highest BCUT2D eigenvalue weighted by Crippen LogP contribution is 2.18. The van der Waals surface area contributed by atoms with E-state index in [0.29, 0.717) is 11.3 Å². The summed E-state index contributed by atoms with van der Waals surface area (Å²) in [6.45, 7) is 0. The maximum atomic E-state index is 12.7. The smallest absolute Gasteiger partial charge is 0.291 e. The summed E-state index contributed by atoms with van der Waals surface area (Å²) in [5.41, 5.74) is 5.34. The number of aromatic nitrogens is 2. The third kappa shape index (κ3) is 3.07. The summed E-state index contributed by atoms with van der Waals surface area (Å²) in [7, 11) is 0. The minimum Gasteiger partial charge on any atom is -0.396 e. The summed E-state index contributed by atoms with van der Waals surface area (Å²) in [5, 5.41) is 13.4. The fourth-order valence-electron chi connectivity index (χ4n) is 2.30. The topological polar surface area (TPSA) is 102 Å². The zero-order valence-electron chi connectivity index (χ0n) is 12.8. The number of carbonyl (C=O) groups is 1. The van der Waals surface area contributed by atoms with Gasteiger partial charge < -0.3 is 5.73 Å². The molecule has 6 nitrogen and oxygen atoms in total. The van der Waals surface area contributed by atoms with Crippen molar-refractivity contribution in [2.45, 2.75) is 0 Å². The number of hydrogen-bond acceptors (Lipinski definition) is 5. The average Bonchev–Trinajstić information content (AvgIpc) is 2.63. The summed E-state index contributed by atoms with van der Waals surface area (Å²) >= 11 is 3.31. The van der Waals surface area contributed by atoms with Gasteiger partial charge in [-0.15, -0.1) is 0 Å². The number of anilines is 1. The first-order valence-corrected chi connectivity index (χ1v) is 8.01. The van der Waals surface area contributed by atoms with Crippen molar-refractivity contribution in [2.24, 2.45) is 0 Å². The van der Waals surface area contributed by atoms with Crippen LogP contribution in [0.1, 0.15) is 21.6 Å². The highest BCUT2D eigenvalue weighted by Gasteiger charge is 2.22. The van der Waals surface area contributed by atoms with E-state index in [-0.39, 0.29) is 16.9 Å². The minimum absolute atomic E-state index is 0.134. The third-order valence-corrected chi connectivity index (χ3v) is 4.09. The number of hydrogen-bond donors (Lipinski definition) is 1. The molecule has 0 saturated carbocycles. The van der Waals surface area contributed by atoms with Gasteiger partial charge in [-0.1, -0.05) is 46.3 Å². The van der Waals surface area contributed by atoms with E-state index in [2.05, 4.69) is 21.0 Å². The Kier molecular flexibility index (Phi) is 4.46. The molecule has 25 heavy (non-hydrogen) atoms. The quantitative estimate of drug-likeness (QED) is 0.687. The lowest BCUT2D eigenvalue weighted by atomic mass is 10.1. The van der Waals surface area contributed by atoms with Crippen molar-refractivity contribution in [1.82, 2.24) is 9.78 Å². The molecule has 0 radical (unpaired) electrons. The van der Waals surface area contributed by atoms with Crippen molar-refractivity contribution in [1.29, 1.82) is 5.26 Å². The van der Waals surface area contributed by atoms with E-state index in [9.17, 15) is 14.9 Å². The number of nitriles is 1. The number of ketones is 1. The molecule has 0 bridgehead atoms. The summed E-state index contributed by atoms with van der Waals surface area (Å²) in [6.07, 6.45) is 0. The molecule has 7 heteroatoms. The summed E-state index contributed by atoms with van der Waals surface area (Å²) in [4.78, 5) is 25.2. The van der Waals surface area contributed by atoms with Gasteiger partial charge in [0.2, 0.25) is 5.78 Å². The van der Waals surface area contributed by atoms with Crippen LogP contribution in [0.3, 0.4) is 0 Å². The number of nitrogen functional groups attached to an aromatic ring is 1. The molecule has 0 atom stereocenters. The normalized spacial score (nSPS) is 10.2. The molecule has 3 rings (SSSR count). The molecule has 0 aliphatic carbocycles. The van der Waals surface area contributed by atoms with E-state index in [1.165, 1.54) is 0 Å². The Hall–Kier alpha value is -3.24. The molecular formula is C18H11BrN4O2. The van der Waals surface area contributed by atoms with Gasteiger partial charge in [-0.2, -0.15) is 15.0 Å². The van der Waals surface area contributed by atoms with E-state index < -0.39 is 11.3 Å². The molecule has 3 aromatic rings. The van der Waals surface area contributed by atoms with Gasteiger partial charge in [-0.05, 0) is 24.3 Å². The van der Waals surface area contributed by atoms with Gasteiger partial charge in [-0.3, -0.25) is 9.59 Å². The Bertz CT molecular complexity index is 1050. The van der Waals surface area contributed by atoms with Gasteiger partial charge in [0.05, 0.1) is 11.4 Å². The standard InChI is InChI=1S/C18H11BrN4O2/c19-12-6-8-13(9-7-12)23-18(25)14(10-20)15(21)16(22-23)17(24)11-4-2-1-3-5-11/h1-9H,21H2. The lowest BCUT2D eigenvalue weighted by Crippen LogP contribution is -2.28. The summed E-state index contributed by atoms with van der Waals surface area (Å²) in [5.74, 6) is -0.458. The molecule has 1 heterocycles. The van der Waals surface area contributed by atoms with Crippen LogP contribution >= 0.6 is 15.9 Å². The predicted molar refractivity (Wildman–Crippen MR) is 96.5 cm³/mol. The van der Waals surface area contributed by atoms with Crippen LogP contribution in [0.2, 0.25) is 0 Å². The molecule has 1 aromatic heterocycles. The van der Waals surface area contributed by atoms with Gasteiger partial charge in [0.1, 0.15) is 11.6 Å². The Labute approximate surface area is 151 Å². The Morgan fingerprint density at radius 2 is 1.76 bits per heavy atom. The number of nitrogens with zero attached hydrogens (tertiary/aromatic N) is 3. The largest absolute Gasteiger partial charge is 0.396 e. The maximum Gasteiger partial charge on any atom is 0.291 e. The maximum absolute atomic E-state index is 12.7. The van der Waals surface area contributed by atoms with Crippen LogP contribution in [-0.4, -0.2) is 15.6 Å². The lowest BCUT2D eigenvalue weighted by Gasteiger charge is -2.11. The van der Waals surface area contributed by atoms with Gasteiger partial charge in [0.25, 0.3) is 5.56 Å². The van der Waals surface area contributed by atoms with E-state index in [1.807, 2.05) is 0 Å². The zero-order chi connectivity index (χ0) is 18.0. The summed E-state index contributed by atoms with van der Waals surface area (Å²) < 4.78 is 1.83. The van der Waals surface area contributed by atoms with E-state index >= 15 is 0 Å². The Morgan fingerprint density at radius 3 is 2.36 bits per heavy atom. The first-order chi connectivity index (χ1) is 12.0. The highest BCUT2D eigenvalue weighted by molar-refractivity contribution is 9.10. The van der Waals surface area contributed by atoms with Crippen molar-refractivity contribution in [3.05, 3.63) is 86.2 Å². The molecule has 0 saturated heterocycles. The molecule has 0 unspecified atom stereocenters. The van der Waals surface area contributed by atoms with Crippen molar-refractivity contribution < 1.29 is 4.79 Å². The second-order valence-electron chi connectivity index (χ2n) is 5.14. The van der Waals surface area contributed by atoms with Crippen LogP contribution in [0.5, 0.6) is 0 Å². The van der Waals surface area contributed by atoms with Crippen molar-refractivity contribution in [3.8, 4) is 11.8 Å². The van der Waals surface area contributed by atoms with Crippen LogP contribution < -0.4 is 11.3 Å². The fraction of sp³-hybridized carbons (Fsp3) is 0. The molecular weight excluding hydrogens is 384 g/mol. The lowest BCUT2D eigenvalue weighted by molar-refractivity contribution is 0.103. The molecule has 0 spiro atoms. The van der Waals surface area contributed by atoms with Gasteiger partial charge in [0.15, 0.2) is 5.69 Å². The van der Waals surface area contributed by atoms with Crippen molar-refractivity contribution >= 4 is 27.4 Å². The van der Waals surface area contributed by atoms with Gasteiger partial charge in [0, 0.05) is 10.0 Å². The van der Waals surface area contributed by atoms with Gasteiger partial charge >= 0.3 is 0 Å². The van der Waals surface area contributed by atoms with Crippen LogP contribution in [0.25, 0.3) is 5.69 Å². The Morgan fingerprint density at radius 1 is 1.12 bits per heavy atom. The zero-order valence-corrected chi connectivity index (χ0v) is 14.4. The predicted octanol–water partition coefficient (Wildman–Crippen LogP) is 2.68. The van der Waals surface area contributed by atoms with E-state index in [4.69, 9.17) is 5.73 Å². The highest BCUT2D eigenvalue weighted by atomic mass is 79.9. The molecule has 2 N–H and O–H groups in total. The molecule has 0 aliphatic heterocycles. The van der Waals surface area contributed by atoms with Crippen LogP contribution in [0, 0.1) is 11.3 Å². The molecule has 122 valence electrons. The monoisotopic (exact) mass is 394 g/mol. The summed E-state index contributed by atoms with van der Waals surface area (Å²) in [6, 6.07) is 16.9. The fourth-order valence-corrected chi connectivity index (χ4v) is 2.56. The third-order valence-electron chi connectivity index (χ3n) is 3.56. The molecule has 2 aromatic carbocycles. The number of carbonyl (C=O) groups excluding carboxylic acids is 1. The first kappa shape index (κ1) is 16.6. The van der Waals surface area contributed by atoms with E-state index in [0.717, 1.165) is 9.15 Å². The van der Waals surface area contributed by atoms with Crippen LogP contribution in [0.4, 0.5) is 5.69 Å². The van der Waals surface area contributed by atoms with Crippen LogP contribution in [-0.2, 0) is 0 Å². The number of nitrogens with two attached hydrogens (primary N) is 1. The second kappa shape index (κ2) is 6.71. The number of halogens is 1. The molecule has 0 aliphatic rings. The number of benzene rings is 2. The Balaban J connectivity index is 2.25. The SMILES string of the molecule is N#Cc1c(N)c(C(=O)c2ccccc2)nn(-c2ccc(Br)cc2)c1=O. The van der Waals surface area contributed by atoms with E-state index in [1.54, 1.807) is 60.7 Å². The molecule has 0 amide bonds. The average molecular weight is 395 g/mol. The van der Waals surface area contributed by atoms with Crippen LogP contribution in [0.15, 0.2) is 63.9 Å². The van der Waals surface area contributed by atoms with Crippen molar-refractivity contribution in [3.63, 3.8) is 0 Å². The first-order valence-electron chi connectivity index (χ1n) is 7.21. The minimum atomic E-state index is -0.674. The molecule has 0 fully saturated rings. The second-order valence-corrected chi connectivity index (χ2v) is 6.05. The van der Waals surface area contributed by atoms with Gasteiger partial charge in [-0.25, -0.2) is 0 Å². The number of rotatable bonds is 3.